The predicted molar refractivity (Wildman–Crippen MR) is 91.8 cm³/mol. The van der Waals surface area contributed by atoms with E-state index in [1.54, 1.807) is 42.6 Å². The van der Waals surface area contributed by atoms with Crippen LogP contribution in [0, 0.1) is 6.92 Å². The van der Waals surface area contributed by atoms with E-state index in [1.807, 2.05) is 6.92 Å². The summed E-state index contributed by atoms with van der Waals surface area (Å²) in [7, 11) is -4.67. The zero-order valence-corrected chi connectivity index (χ0v) is 14.8. The van der Waals surface area contributed by atoms with Crippen molar-refractivity contribution in [3.8, 4) is 0 Å². The number of carbonyl (C=O) groups is 1. The van der Waals surface area contributed by atoms with E-state index < -0.39 is 20.5 Å². The van der Waals surface area contributed by atoms with Gasteiger partial charge >= 0.3 is 7.82 Å². The van der Waals surface area contributed by atoms with Crippen LogP contribution in [0.2, 0.25) is 0 Å². The summed E-state index contributed by atoms with van der Waals surface area (Å²) in [4.78, 5) is 38.7. The van der Waals surface area contributed by atoms with Gasteiger partial charge in [-0.1, -0.05) is 29.5 Å². The summed E-state index contributed by atoms with van der Waals surface area (Å²) in [6.45, 7) is 1.37. The summed E-state index contributed by atoms with van der Waals surface area (Å²) in [5, 5.41) is 0. The average Bonchev–Trinajstić information content (AvgIpc) is 2.89. The number of nitrogens with zero attached hydrogens (tertiary/aromatic N) is 3. The number of benzene rings is 1. The molecule has 0 radical (unpaired) electrons. The van der Waals surface area contributed by atoms with E-state index in [4.69, 9.17) is 9.79 Å². The normalized spacial score (nSPS) is 12.7. The Balaban J connectivity index is 2.11. The summed E-state index contributed by atoms with van der Waals surface area (Å²) in [6, 6.07) is 10.3. The molecule has 0 unspecified atom stereocenters. The Bertz CT molecular complexity index is 1040. The molecule has 0 fully saturated rings. The van der Waals surface area contributed by atoms with Crippen molar-refractivity contribution in [2.45, 2.75) is 13.7 Å². The lowest BCUT2D eigenvalue weighted by Gasteiger charge is -2.07. The van der Waals surface area contributed by atoms with Crippen LogP contribution >= 0.6 is 19.2 Å². The predicted octanol–water partition coefficient (Wildman–Crippen LogP) is 2.21. The zero-order chi connectivity index (χ0) is 18.0. The van der Waals surface area contributed by atoms with Crippen molar-refractivity contribution in [2.75, 3.05) is 0 Å². The van der Waals surface area contributed by atoms with Gasteiger partial charge in [-0.15, -0.1) is 0 Å². The summed E-state index contributed by atoms with van der Waals surface area (Å²) in [5.74, 6) is -0.457. The van der Waals surface area contributed by atoms with Gasteiger partial charge in [0.05, 0.1) is 16.4 Å². The molecule has 8 nitrogen and oxygen atoms in total. The van der Waals surface area contributed by atoms with E-state index in [1.165, 1.54) is 15.9 Å². The molecular formula is C15H14N3O5PS. The minimum absolute atomic E-state index is 0.268. The number of phosphoric ester groups is 1. The molecule has 2 aromatic heterocycles. The van der Waals surface area contributed by atoms with Crippen LogP contribution in [0.1, 0.15) is 16.1 Å². The molecular weight excluding hydrogens is 365 g/mol. The molecule has 0 saturated heterocycles. The number of thiazole rings is 1. The maximum absolute atomic E-state index is 12.3. The monoisotopic (exact) mass is 379 g/mol. The zero-order valence-electron chi connectivity index (χ0n) is 13.1. The van der Waals surface area contributed by atoms with Crippen molar-refractivity contribution in [3.63, 3.8) is 0 Å². The summed E-state index contributed by atoms with van der Waals surface area (Å²) < 4.78 is 17.8. The first-order valence-electron chi connectivity index (χ1n) is 7.14. The third-order valence-corrected chi connectivity index (χ3v) is 4.77. The number of hydrogen-bond acceptors (Lipinski definition) is 5. The number of pyridine rings is 1. The van der Waals surface area contributed by atoms with Crippen LogP contribution in [0.5, 0.6) is 0 Å². The van der Waals surface area contributed by atoms with Gasteiger partial charge in [-0.25, -0.2) is 4.57 Å². The Labute approximate surface area is 146 Å². The van der Waals surface area contributed by atoms with Crippen molar-refractivity contribution in [1.29, 1.82) is 0 Å². The molecule has 1 amide bonds. The number of aromatic nitrogens is 2. The molecule has 0 aliphatic rings. The second-order valence-corrected chi connectivity index (χ2v) is 7.39. The molecule has 0 saturated carbocycles. The molecule has 2 heterocycles. The molecule has 3 aromatic rings. The lowest BCUT2D eigenvalue weighted by molar-refractivity contribution is 0.0997. The first kappa shape index (κ1) is 17.7. The van der Waals surface area contributed by atoms with Gasteiger partial charge in [-0.2, -0.15) is 4.99 Å². The SMILES string of the molecule is Cc1cc2s/c(=N\C(=O)c3ccccc3)n(COP(=O)(O)O)c2cn1. The van der Waals surface area contributed by atoms with Gasteiger partial charge in [-0.3, -0.25) is 18.9 Å². The highest BCUT2D eigenvalue weighted by atomic mass is 32.1. The molecule has 0 aliphatic carbocycles. The standard InChI is InChI=1S/C15H14N3O5PS/c1-10-7-13-12(8-16-10)18(9-23-24(20,21)22)15(25-13)17-14(19)11-5-3-2-4-6-11/h2-8H,9H2,1H3,(H2,20,21,22)/b17-15-. The number of aryl methyl sites for hydroxylation is 1. The Morgan fingerprint density at radius 1 is 1.36 bits per heavy atom. The lowest BCUT2D eigenvalue weighted by Crippen LogP contribution is -2.18. The van der Waals surface area contributed by atoms with Gasteiger partial charge in [0.1, 0.15) is 6.73 Å². The Morgan fingerprint density at radius 2 is 2.08 bits per heavy atom. The van der Waals surface area contributed by atoms with Gasteiger partial charge in [0, 0.05) is 11.3 Å². The highest BCUT2D eigenvalue weighted by molar-refractivity contribution is 7.46. The fraction of sp³-hybridized carbons (Fsp3) is 0.133. The quantitative estimate of drug-likeness (QED) is 0.672. The number of amides is 1. The van der Waals surface area contributed by atoms with Crippen molar-refractivity contribution >= 4 is 35.3 Å². The third kappa shape index (κ3) is 4.28. The van der Waals surface area contributed by atoms with Gasteiger partial charge in [-0.05, 0) is 25.1 Å². The fourth-order valence-electron chi connectivity index (χ4n) is 2.14. The molecule has 3 rings (SSSR count). The third-order valence-electron chi connectivity index (χ3n) is 3.28. The molecule has 130 valence electrons. The molecule has 0 aliphatic heterocycles. The molecule has 10 heteroatoms. The van der Waals surface area contributed by atoms with Crippen LogP contribution in [0.4, 0.5) is 0 Å². The maximum Gasteiger partial charge on any atom is 0.471 e. The first-order chi connectivity index (χ1) is 11.8. The Hall–Kier alpha value is -2.16. The number of phosphoric acid groups is 1. The van der Waals surface area contributed by atoms with Crippen molar-refractivity contribution in [3.05, 3.63) is 58.7 Å². The van der Waals surface area contributed by atoms with Gasteiger partial charge in [0.15, 0.2) is 4.80 Å². The Morgan fingerprint density at radius 3 is 2.76 bits per heavy atom. The lowest BCUT2D eigenvalue weighted by atomic mass is 10.2. The number of rotatable bonds is 4. The highest BCUT2D eigenvalue weighted by Gasteiger charge is 2.16. The van der Waals surface area contributed by atoms with Crippen LogP contribution in [0.25, 0.3) is 10.2 Å². The highest BCUT2D eigenvalue weighted by Crippen LogP contribution is 2.36. The van der Waals surface area contributed by atoms with Crippen LogP contribution in [-0.4, -0.2) is 25.2 Å². The van der Waals surface area contributed by atoms with Gasteiger partial charge < -0.3 is 9.79 Å². The number of fused-ring (bicyclic) bond motifs is 1. The van der Waals surface area contributed by atoms with Gasteiger partial charge in [0.25, 0.3) is 5.91 Å². The van der Waals surface area contributed by atoms with Crippen molar-refractivity contribution in [1.82, 2.24) is 9.55 Å². The molecule has 25 heavy (non-hydrogen) atoms. The maximum atomic E-state index is 12.3. The minimum Gasteiger partial charge on any atom is -0.303 e. The van der Waals surface area contributed by atoms with Crippen LogP contribution in [0.15, 0.2) is 47.6 Å². The van der Waals surface area contributed by atoms with Crippen LogP contribution in [0.3, 0.4) is 0 Å². The summed E-state index contributed by atoms with van der Waals surface area (Å²) in [5.41, 5.74) is 1.76. The van der Waals surface area contributed by atoms with Crippen LogP contribution < -0.4 is 4.80 Å². The van der Waals surface area contributed by atoms with Gasteiger partial charge in [0.2, 0.25) is 0 Å². The minimum atomic E-state index is -4.67. The molecule has 0 atom stereocenters. The largest absolute Gasteiger partial charge is 0.471 e. The van der Waals surface area contributed by atoms with E-state index in [0.29, 0.717) is 11.1 Å². The van der Waals surface area contributed by atoms with E-state index in [0.717, 1.165) is 10.4 Å². The van der Waals surface area contributed by atoms with E-state index in [-0.39, 0.29) is 4.80 Å². The van der Waals surface area contributed by atoms with E-state index >= 15 is 0 Å². The number of carbonyl (C=O) groups excluding carboxylic acids is 1. The summed E-state index contributed by atoms with van der Waals surface area (Å²) >= 11 is 1.21. The second-order valence-electron chi connectivity index (χ2n) is 5.14. The average molecular weight is 379 g/mol. The molecule has 0 bridgehead atoms. The number of hydrogen-bond donors (Lipinski definition) is 2. The fourth-order valence-corrected chi connectivity index (χ4v) is 3.49. The molecule has 0 spiro atoms. The van der Waals surface area contributed by atoms with Crippen molar-refractivity contribution < 1.29 is 23.7 Å². The molecule has 2 N–H and O–H groups in total. The Kier molecular flexibility index (Phi) is 4.94. The van der Waals surface area contributed by atoms with Crippen molar-refractivity contribution in [2.24, 2.45) is 4.99 Å². The molecule has 1 aromatic carbocycles. The smallest absolute Gasteiger partial charge is 0.303 e. The van der Waals surface area contributed by atoms with E-state index in [2.05, 4.69) is 14.5 Å². The topological polar surface area (TPSA) is 114 Å². The second kappa shape index (κ2) is 6.99. The first-order valence-corrected chi connectivity index (χ1v) is 9.48. The van der Waals surface area contributed by atoms with Crippen LogP contribution in [-0.2, 0) is 15.8 Å². The van der Waals surface area contributed by atoms with E-state index in [9.17, 15) is 9.36 Å². The summed E-state index contributed by atoms with van der Waals surface area (Å²) in [6.07, 6.45) is 1.55.